The van der Waals surface area contributed by atoms with E-state index in [0.717, 1.165) is 19.0 Å². The third-order valence-electron chi connectivity index (χ3n) is 4.45. The summed E-state index contributed by atoms with van der Waals surface area (Å²) in [6.07, 6.45) is 3.74. The highest BCUT2D eigenvalue weighted by atomic mass is 35.5. The highest BCUT2D eigenvalue weighted by Gasteiger charge is 2.24. The summed E-state index contributed by atoms with van der Waals surface area (Å²) in [5.41, 5.74) is 0.438. The van der Waals surface area contributed by atoms with Crippen molar-refractivity contribution in [2.24, 2.45) is 5.92 Å². The van der Waals surface area contributed by atoms with Crippen LogP contribution in [-0.4, -0.2) is 36.6 Å². The normalized spacial score (nSPS) is 22.5. The summed E-state index contributed by atoms with van der Waals surface area (Å²) in [5.74, 6) is 0.414. The first-order chi connectivity index (χ1) is 10.5. The lowest BCUT2D eigenvalue weighted by Crippen LogP contribution is -2.43. The molecule has 3 nitrogen and oxygen atoms in total. The summed E-state index contributed by atoms with van der Waals surface area (Å²) in [7, 11) is 0. The Morgan fingerprint density at radius 2 is 2.09 bits per heavy atom. The number of benzene rings is 1. The van der Waals surface area contributed by atoms with Crippen molar-refractivity contribution >= 4 is 29.2 Å². The van der Waals surface area contributed by atoms with Crippen molar-refractivity contribution in [2.75, 3.05) is 19.7 Å². The molecule has 22 heavy (non-hydrogen) atoms. The predicted molar refractivity (Wildman–Crippen MR) is 90.8 cm³/mol. The fourth-order valence-corrected chi connectivity index (χ4v) is 3.17. The molecule has 0 spiro atoms. The van der Waals surface area contributed by atoms with Gasteiger partial charge in [0, 0.05) is 19.1 Å². The summed E-state index contributed by atoms with van der Waals surface area (Å²) in [6, 6.07) is 5.35. The number of piperidine rings is 1. The first kappa shape index (κ1) is 17.6. The number of hydrogen-bond donors (Lipinski definition) is 0. The number of hydrogen-bond acceptors (Lipinski definition) is 3. The van der Waals surface area contributed by atoms with Gasteiger partial charge in [-0.15, -0.1) is 0 Å². The first-order valence-electron chi connectivity index (χ1n) is 7.87. The van der Waals surface area contributed by atoms with Crippen LogP contribution in [0, 0.1) is 5.92 Å². The molecular formula is C17H23Cl2NO2. The monoisotopic (exact) mass is 343 g/mol. The minimum absolute atomic E-state index is 0.352. The van der Waals surface area contributed by atoms with E-state index in [0.29, 0.717) is 28.3 Å². The molecule has 2 atom stereocenters. The molecule has 1 fully saturated rings. The second-order valence-corrected chi connectivity index (χ2v) is 6.77. The van der Waals surface area contributed by atoms with Crippen LogP contribution in [-0.2, 0) is 4.74 Å². The third kappa shape index (κ3) is 4.61. The van der Waals surface area contributed by atoms with Crippen molar-refractivity contribution in [3.63, 3.8) is 0 Å². The van der Waals surface area contributed by atoms with E-state index in [-0.39, 0.29) is 5.97 Å². The van der Waals surface area contributed by atoms with Gasteiger partial charge in [0.25, 0.3) is 0 Å². The fraction of sp³-hybridized carbons (Fsp3) is 0.588. The van der Waals surface area contributed by atoms with Crippen molar-refractivity contribution < 1.29 is 9.53 Å². The number of esters is 1. The van der Waals surface area contributed by atoms with Crippen LogP contribution in [0.5, 0.6) is 0 Å². The molecule has 0 saturated carbocycles. The molecule has 1 saturated heterocycles. The molecule has 0 N–H and O–H groups in total. The van der Waals surface area contributed by atoms with Crippen LogP contribution < -0.4 is 0 Å². The SMILES string of the molecule is CCC1CCC(C)N(CCOC(=O)c2ccc(Cl)c(Cl)c2)C1. The molecule has 0 bridgehead atoms. The average molecular weight is 344 g/mol. The smallest absolute Gasteiger partial charge is 0.338 e. The second kappa shape index (κ2) is 8.19. The maximum atomic E-state index is 12.0. The number of nitrogens with zero attached hydrogens (tertiary/aromatic N) is 1. The standard InChI is InChI=1S/C17H23Cl2NO2/c1-3-13-5-4-12(2)20(11-13)8-9-22-17(21)14-6-7-15(18)16(19)10-14/h6-7,10,12-13H,3-5,8-9,11H2,1-2H3. The van der Waals surface area contributed by atoms with Crippen molar-refractivity contribution in [1.82, 2.24) is 4.90 Å². The first-order valence-corrected chi connectivity index (χ1v) is 8.63. The van der Waals surface area contributed by atoms with E-state index in [4.69, 9.17) is 27.9 Å². The number of carbonyl (C=O) groups is 1. The van der Waals surface area contributed by atoms with E-state index in [9.17, 15) is 4.79 Å². The molecule has 1 heterocycles. The van der Waals surface area contributed by atoms with E-state index < -0.39 is 0 Å². The molecule has 122 valence electrons. The van der Waals surface area contributed by atoms with E-state index in [1.807, 2.05) is 0 Å². The summed E-state index contributed by atoms with van der Waals surface area (Å²) in [4.78, 5) is 14.4. The van der Waals surface area contributed by atoms with Crippen molar-refractivity contribution in [2.45, 2.75) is 39.2 Å². The van der Waals surface area contributed by atoms with Crippen LogP contribution in [0.4, 0.5) is 0 Å². The van der Waals surface area contributed by atoms with E-state index in [1.54, 1.807) is 18.2 Å². The van der Waals surface area contributed by atoms with Gasteiger partial charge in [0.2, 0.25) is 0 Å². The Hall–Kier alpha value is -0.770. The largest absolute Gasteiger partial charge is 0.461 e. The Balaban J connectivity index is 1.82. The summed E-state index contributed by atoms with van der Waals surface area (Å²) in [5, 5.41) is 0.803. The molecule has 2 rings (SSSR count). The van der Waals surface area contributed by atoms with Crippen molar-refractivity contribution in [3.05, 3.63) is 33.8 Å². The zero-order valence-corrected chi connectivity index (χ0v) is 14.7. The molecule has 0 radical (unpaired) electrons. The summed E-state index contributed by atoms with van der Waals surface area (Å²) in [6.45, 7) is 6.77. The van der Waals surface area contributed by atoms with Crippen molar-refractivity contribution in [1.29, 1.82) is 0 Å². The highest BCUT2D eigenvalue weighted by molar-refractivity contribution is 6.42. The van der Waals surface area contributed by atoms with Crippen LogP contribution in [0.2, 0.25) is 10.0 Å². The van der Waals surface area contributed by atoms with Gasteiger partial charge in [-0.3, -0.25) is 4.90 Å². The van der Waals surface area contributed by atoms with E-state index in [2.05, 4.69) is 18.7 Å². The van der Waals surface area contributed by atoms with Gasteiger partial charge in [-0.1, -0.05) is 36.5 Å². The molecule has 1 aliphatic rings. The Labute approximate surface area is 142 Å². The zero-order chi connectivity index (χ0) is 16.1. The number of rotatable bonds is 5. The minimum atomic E-state index is -0.352. The lowest BCUT2D eigenvalue weighted by Gasteiger charge is -2.37. The molecule has 5 heteroatoms. The quantitative estimate of drug-likeness (QED) is 0.728. The van der Waals surface area contributed by atoms with Crippen LogP contribution in [0.3, 0.4) is 0 Å². The zero-order valence-electron chi connectivity index (χ0n) is 13.1. The molecule has 1 aromatic carbocycles. The van der Waals surface area contributed by atoms with Gasteiger partial charge in [0.15, 0.2) is 0 Å². The number of likely N-dealkylation sites (tertiary alicyclic amines) is 1. The number of halogens is 2. The second-order valence-electron chi connectivity index (χ2n) is 5.96. The molecule has 2 unspecified atom stereocenters. The van der Waals surface area contributed by atoms with E-state index in [1.165, 1.54) is 19.3 Å². The Morgan fingerprint density at radius 3 is 2.77 bits per heavy atom. The van der Waals surface area contributed by atoms with Gasteiger partial charge in [-0.05, 0) is 43.9 Å². The van der Waals surface area contributed by atoms with Crippen LogP contribution in [0.1, 0.15) is 43.5 Å². The molecular weight excluding hydrogens is 321 g/mol. The third-order valence-corrected chi connectivity index (χ3v) is 5.19. The topological polar surface area (TPSA) is 29.5 Å². The lowest BCUT2D eigenvalue weighted by atomic mass is 9.92. The van der Waals surface area contributed by atoms with Gasteiger partial charge in [0.05, 0.1) is 15.6 Å². The molecule has 1 aliphatic heterocycles. The van der Waals surface area contributed by atoms with Crippen LogP contribution in [0.15, 0.2) is 18.2 Å². The molecule has 0 aliphatic carbocycles. The molecule has 0 amide bonds. The Morgan fingerprint density at radius 1 is 1.32 bits per heavy atom. The average Bonchev–Trinajstić information content (AvgIpc) is 2.51. The van der Waals surface area contributed by atoms with Gasteiger partial charge in [-0.25, -0.2) is 4.79 Å². The number of ether oxygens (including phenoxy) is 1. The van der Waals surface area contributed by atoms with Gasteiger partial charge in [0.1, 0.15) is 6.61 Å². The highest BCUT2D eigenvalue weighted by Crippen LogP contribution is 2.24. The van der Waals surface area contributed by atoms with Gasteiger partial charge < -0.3 is 4.74 Å². The summed E-state index contributed by atoms with van der Waals surface area (Å²) >= 11 is 11.8. The van der Waals surface area contributed by atoms with Gasteiger partial charge >= 0.3 is 5.97 Å². The van der Waals surface area contributed by atoms with E-state index >= 15 is 0 Å². The maximum Gasteiger partial charge on any atom is 0.338 e. The fourth-order valence-electron chi connectivity index (χ4n) is 2.87. The predicted octanol–water partition coefficient (Wildman–Crippen LogP) is 4.66. The van der Waals surface area contributed by atoms with Crippen molar-refractivity contribution in [3.8, 4) is 0 Å². The maximum absolute atomic E-state index is 12.0. The van der Waals surface area contributed by atoms with Crippen LogP contribution >= 0.6 is 23.2 Å². The molecule has 0 aromatic heterocycles. The lowest BCUT2D eigenvalue weighted by molar-refractivity contribution is 0.0376. The number of carbonyl (C=O) groups excluding carboxylic acids is 1. The summed E-state index contributed by atoms with van der Waals surface area (Å²) < 4.78 is 5.36. The minimum Gasteiger partial charge on any atom is -0.461 e. The van der Waals surface area contributed by atoms with Gasteiger partial charge in [-0.2, -0.15) is 0 Å². The Kier molecular flexibility index (Phi) is 6.54. The molecule has 1 aromatic rings. The van der Waals surface area contributed by atoms with Crippen LogP contribution in [0.25, 0.3) is 0 Å². The Bertz CT molecular complexity index is 521.